The zero-order chi connectivity index (χ0) is 12.7. The van der Waals surface area contributed by atoms with Crippen molar-refractivity contribution in [3.8, 4) is 0 Å². The fourth-order valence-electron chi connectivity index (χ4n) is 2.54. The van der Waals surface area contributed by atoms with E-state index in [1.807, 2.05) is 18.2 Å². The number of benzene rings is 2. The molecule has 0 atom stereocenters. The Kier molecular flexibility index (Phi) is 2.20. The first-order chi connectivity index (χ1) is 8.81. The number of allylic oxidation sites excluding steroid dienone is 2. The first-order valence-corrected chi connectivity index (χ1v) is 5.48. The summed E-state index contributed by atoms with van der Waals surface area (Å²) in [5.74, 6) is 0. The van der Waals surface area contributed by atoms with Gasteiger partial charge >= 0.3 is 0 Å². The molecule has 0 unspecified atom stereocenters. The lowest BCUT2D eigenvalue weighted by molar-refractivity contribution is -0.104. The van der Waals surface area contributed by atoms with E-state index in [2.05, 4.69) is 0 Å². The molecule has 0 fully saturated rings. The van der Waals surface area contributed by atoms with Crippen LogP contribution in [0.2, 0.25) is 0 Å². The third kappa shape index (κ3) is 1.16. The van der Waals surface area contributed by atoms with Gasteiger partial charge in [0.05, 0.1) is 0 Å². The van der Waals surface area contributed by atoms with Crippen molar-refractivity contribution in [2.75, 3.05) is 0 Å². The molecular weight excluding hydrogens is 228 g/mol. The molecule has 0 saturated carbocycles. The summed E-state index contributed by atoms with van der Waals surface area (Å²) in [4.78, 5) is 33.5. The molecule has 3 nitrogen and oxygen atoms in total. The molecule has 0 aliphatic heterocycles. The first kappa shape index (κ1) is 10.6. The molecule has 1 aliphatic carbocycles. The van der Waals surface area contributed by atoms with E-state index in [9.17, 15) is 14.4 Å². The van der Waals surface area contributed by atoms with Crippen LogP contribution < -0.4 is 0 Å². The van der Waals surface area contributed by atoms with Gasteiger partial charge in [0.15, 0.2) is 18.9 Å². The fourth-order valence-corrected chi connectivity index (χ4v) is 2.54. The normalized spacial score (nSPS) is 12.9. The Morgan fingerprint density at radius 3 is 2.22 bits per heavy atom. The van der Waals surface area contributed by atoms with Crippen molar-refractivity contribution in [2.24, 2.45) is 0 Å². The van der Waals surface area contributed by atoms with Crippen LogP contribution in [-0.2, 0) is 9.59 Å². The summed E-state index contributed by atoms with van der Waals surface area (Å²) >= 11 is 0. The molecule has 0 N–H and O–H groups in total. The molecule has 3 rings (SSSR count). The molecule has 3 heteroatoms. The average Bonchev–Trinajstić information content (AvgIpc) is 2.75. The van der Waals surface area contributed by atoms with Gasteiger partial charge in [0.25, 0.3) is 0 Å². The minimum atomic E-state index is 0.305. The topological polar surface area (TPSA) is 51.2 Å². The van der Waals surface area contributed by atoms with Gasteiger partial charge in [0.2, 0.25) is 0 Å². The summed E-state index contributed by atoms with van der Waals surface area (Å²) in [6.45, 7) is 0. The average molecular weight is 236 g/mol. The molecule has 2 aromatic rings. The largest absolute Gasteiger partial charge is 0.298 e. The van der Waals surface area contributed by atoms with Gasteiger partial charge in [0, 0.05) is 22.3 Å². The van der Waals surface area contributed by atoms with Crippen LogP contribution in [0.15, 0.2) is 30.3 Å². The second-order valence-corrected chi connectivity index (χ2v) is 4.11. The molecule has 2 aromatic carbocycles. The highest BCUT2D eigenvalue weighted by molar-refractivity contribution is 6.38. The van der Waals surface area contributed by atoms with Crippen molar-refractivity contribution in [2.45, 2.75) is 0 Å². The zero-order valence-corrected chi connectivity index (χ0v) is 9.34. The standard InChI is InChI=1S/C15H8O3/c16-6-10-5-4-9-2-1-3-11-12(7-17)13(8-18)15(10)14(9)11/h1-8H. The van der Waals surface area contributed by atoms with Crippen LogP contribution in [0.3, 0.4) is 0 Å². The Bertz CT molecular complexity index is 739. The molecule has 0 heterocycles. The van der Waals surface area contributed by atoms with Gasteiger partial charge in [0.1, 0.15) is 0 Å². The van der Waals surface area contributed by atoms with E-state index in [0.29, 0.717) is 41.1 Å². The molecule has 0 aromatic heterocycles. The lowest BCUT2D eigenvalue weighted by atomic mass is 9.98. The third-order valence-electron chi connectivity index (χ3n) is 3.29. The van der Waals surface area contributed by atoms with E-state index >= 15 is 0 Å². The number of aldehydes is 3. The lowest BCUT2D eigenvalue weighted by Crippen LogP contribution is -1.92. The van der Waals surface area contributed by atoms with Gasteiger partial charge < -0.3 is 0 Å². The van der Waals surface area contributed by atoms with E-state index < -0.39 is 0 Å². The fraction of sp³-hybridized carbons (Fsp3) is 0. The third-order valence-corrected chi connectivity index (χ3v) is 3.29. The summed E-state index contributed by atoms with van der Waals surface area (Å²) in [5.41, 5.74) is 2.41. The van der Waals surface area contributed by atoms with Gasteiger partial charge in [-0.05, 0) is 16.3 Å². The van der Waals surface area contributed by atoms with E-state index in [4.69, 9.17) is 0 Å². The Morgan fingerprint density at radius 1 is 0.778 bits per heavy atom. The molecule has 0 spiro atoms. The quantitative estimate of drug-likeness (QED) is 0.768. The van der Waals surface area contributed by atoms with E-state index in [-0.39, 0.29) is 0 Å². The van der Waals surface area contributed by atoms with Crippen LogP contribution in [-0.4, -0.2) is 18.9 Å². The molecule has 0 bridgehead atoms. The number of hydrogen-bond donors (Lipinski definition) is 0. The zero-order valence-electron chi connectivity index (χ0n) is 9.34. The number of carbonyl (C=O) groups is 3. The van der Waals surface area contributed by atoms with Gasteiger partial charge in [-0.3, -0.25) is 14.4 Å². The SMILES string of the molecule is O=CC1=C(C=O)c2c(C=O)ccc3cccc1c23. The van der Waals surface area contributed by atoms with Crippen molar-refractivity contribution in [3.05, 3.63) is 47.0 Å². The van der Waals surface area contributed by atoms with Gasteiger partial charge in [-0.2, -0.15) is 0 Å². The summed E-state index contributed by atoms with van der Waals surface area (Å²) in [5, 5.41) is 1.73. The van der Waals surface area contributed by atoms with Crippen LogP contribution in [0.1, 0.15) is 21.5 Å². The minimum absolute atomic E-state index is 0.305. The van der Waals surface area contributed by atoms with Gasteiger partial charge in [-0.1, -0.05) is 30.3 Å². The molecule has 1 aliphatic rings. The summed E-state index contributed by atoms with van der Waals surface area (Å²) < 4.78 is 0. The Labute approximate surface area is 103 Å². The van der Waals surface area contributed by atoms with Crippen molar-refractivity contribution in [1.29, 1.82) is 0 Å². The van der Waals surface area contributed by atoms with Crippen molar-refractivity contribution in [3.63, 3.8) is 0 Å². The van der Waals surface area contributed by atoms with Gasteiger partial charge in [-0.15, -0.1) is 0 Å². The first-order valence-electron chi connectivity index (χ1n) is 5.48. The maximum Gasteiger partial charge on any atom is 0.151 e. The van der Waals surface area contributed by atoms with Crippen LogP contribution in [0.25, 0.3) is 21.9 Å². The maximum atomic E-state index is 11.2. The van der Waals surface area contributed by atoms with Crippen LogP contribution in [0.5, 0.6) is 0 Å². The van der Waals surface area contributed by atoms with E-state index in [1.165, 1.54) is 0 Å². The number of carbonyl (C=O) groups excluding carboxylic acids is 3. The smallest absolute Gasteiger partial charge is 0.151 e. The Morgan fingerprint density at radius 2 is 1.56 bits per heavy atom. The molecular formula is C15H8O3. The lowest BCUT2D eigenvalue weighted by Gasteiger charge is -2.04. The molecule has 0 saturated heterocycles. The minimum Gasteiger partial charge on any atom is -0.298 e. The second kappa shape index (κ2) is 3.74. The highest BCUT2D eigenvalue weighted by Gasteiger charge is 2.25. The Balaban J connectivity index is 2.58. The van der Waals surface area contributed by atoms with Crippen molar-refractivity contribution < 1.29 is 14.4 Å². The second-order valence-electron chi connectivity index (χ2n) is 4.11. The van der Waals surface area contributed by atoms with Crippen LogP contribution >= 0.6 is 0 Å². The Hall–Kier alpha value is -2.55. The van der Waals surface area contributed by atoms with E-state index in [0.717, 1.165) is 16.3 Å². The van der Waals surface area contributed by atoms with Crippen molar-refractivity contribution >= 4 is 40.8 Å². The number of hydrogen-bond acceptors (Lipinski definition) is 3. The molecule has 0 radical (unpaired) electrons. The highest BCUT2D eigenvalue weighted by atomic mass is 16.1. The van der Waals surface area contributed by atoms with E-state index in [1.54, 1.807) is 12.1 Å². The monoisotopic (exact) mass is 236 g/mol. The summed E-state index contributed by atoms with van der Waals surface area (Å²) in [6, 6.07) is 9.01. The predicted octanol–water partition coefficient (Wildman–Crippen LogP) is 2.27. The highest BCUT2D eigenvalue weighted by Crippen LogP contribution is 2.41. The summed E-state index contributed by atoms with van der Waals surface area (Å²) in [7, 11) is 0. The van der Waals surface area contributed by atoms with Gasteiger partial charge in [-0.25, -0.2) is 0 Å². The predicted molar refractivity (Wildman–Crippen MR) is 68.3 cm³/mol. The summed E-state index contributed by atoms with van der Waals surface area (Å²) in [6.07, 6.45) is 2.03. The van der Waals surface area contributed by atoms with Crippen LogP contribution in [0, 0.1) is 0 Å². The van der Waals surface area contributed by atoms with Crippen molar-refractivity contribution in [1.82, 2.24) is 0 Å². The molecule has 86 valence electrons. The molecule has 18 heavy (non-hydrogen) atoms. The van der Waals surface area contributed by atoms with Crippen LogP contribution in [0.4, 0.5) is 0 Å². The maximum absolute atomic E-state index is 11.2. The molecule has 0 amide bonds. The number of rotatable bonds is 3.